The number of carbonyl (C=O) groups excluding carboxylic acids is 2. The van der Waals surface area contributed by atoms with Gasteiger partial charge in [0.2, 0.25) is 12.7 Å². The van der Waals surface area contributed by atoms with E-state index in [0.717, 1.165) is 11.4 Å². The highest BCUT2D eigenvalue weighted by molar-refractivity contribution is 6.03. The Bertz CT molecular complexity index is 1050. The van der Waals surface area contributed by atoms with Crippen molar-refractivity contribution in [3.8, 4) is 11.5 Å². The second-order valence-corrected chi connectivity index (χ2v) is 6.34. The van der Waals surface area contributed by atoms with Crippen LogP contribution in [0.1, 0.15) is 17.4 Å². The molecule has 8 nitrogen and oxygen atoms in total. The molecule has 2 amide bonds. The molecule has 2 heterocycles. The van der Waals surface area contributed by atoms with E-state index in [9.17, 15) is 9.59 Å². The van der Waals surface area contributed by atoms with Gasteiger partial charge >= 0.3 is 0 Å². The minimum Gasteiger partial charge on any atom is -0.454 e. The number of pyridine rings is 1. The third-order valence-corrected chi connectivity index (χ3v) is 4.12. The van der Waals surface area contributed by atoms with E-state index in [2.05, 4.69) is 20.9 Å². The Labute approximate surface area is 166 Å². The molecule has 3 aromatic rings. The van der Waals surface area contributed by atoms with Crippen molar-refractivity contribution < 1.29 is 19.1 Å². The summed E-state index contributed by atoms with van der Waals surface area (Å²) >= 11 is 0. The number of amides is 2. The summed E-state index contributed by atoms with van der Waals surface area (Å²) < 4.78 is 10.7. The predicted octanol–water partition coefficient (Wildman–Crippen LogP) is 3.76. The monoisotopic (exact) mass is 390 g/mol. The molecule has 4 rings (SSSR count). The Hall–Kier alpha value is -4.07. The van der Waals surface area contributed by atoms with Gasteiger partial charge in [-0.05, 0) is 48.5 Å². The number of nitrogens with zero attached hydrogens (tertiary/aromatic N) is 1. The second kappa shape index (κ2) is 7.89. The molecule has 29 heavy (non-hydrogen) atoms. The Morgan fingerprint density at radius 1 is 0.828 bits per heavy atom. The minimum atomic E-state index is -0.327. The van der Waals surface area contributed by atoms with E-state index in [1.807, 2.05) is 18.2 Å². The zero-order chi connectivity index (χ0) is 20.2. The summed E-state index contributed by atoms with van der Waals surface area (Å²) in [5, 5.41) is 8.65. The first kappa shape index (κ1) is 18.3. The molecule has 0 saturated carbocycles. The fourth-order valence-electron chi connectivity index (χ4n) is 2.78. The third kappa shape index (κ3) is 4.44. The van der Waals surface area contributed by atoms with Gasteiger partial charge in [0, 0.05) is 30.1 Å². The van der Waals surface area contributed by atoms with Gasteiger partial charge in [-0.15, -0.1) is 0 Å². The van der Waals surface area contributed by atoms with E-state index in [1.54, 1.807) is 42.6 Å². The van der Waals surface area contributed by atoms with Gasteiger partial charge in [0.25, 0.3) is 5.91 Å². The normalized spacial score (nSPS) is 11.6. The number of anilines is 4. The van der Waals surface area contributed by atoms with Crippen molar-refractivity contribution in [3.05, 3.63) is 66.5 Å². The van der Waals surface area contributed by atoms with Gasteiger partial charge in [-0.25, -0.2) is 4.98 Å². The van der Waals surface area contributed by atoms with Gasteiger partial charge in [-0.3, -0.25) is 9.59 Å². The zero-order valence-electron chi connectivity index (χ0n) is 15.6. The minimum absolute atomic E-state index is 0.152. The maximum Gasteiger partial charge on any atom is 0.274 e. The molecule has 0 radical (unpaired) electrons. The summed E-state index contributed by atoms with van der Waals surface area (Å²) in [6.45, 7) is 1.66. The molecule has 146 valence electrons. The van der Waals surface area contributed by atoms with Crippen LogP contribution in [0.4, 0.5) is 22.7 Å². The molecular formula is C21H18N4O4. The van der Waals surface area contributed by atoms with Gasteiger partial charge in [-0.2, -0.15) is 0 Å². The van der Waals surface area contributed by atoms with Crippen LogP contribution in [0, 0.1) is 0 Å². The summed E-state index contributed by atoms with van der Waals surface area (Å²) in [5.74, 6) is 0.918. The topological polar surface area (TPSA) is 102 Å². The molecule has 0 fully saturated rings. The highest BCUT2D eigenvalue weighted by Crippen LogP contribution is 2.35. The summed E-state index contributed by atoms with van der Waals surface area (Å²) in [7, 11) is 0. The van der Waals surface area contributed by atoms with Crippen molar-refractivity contribution in [1.82, 2.24) is 4.98 Å². The Balaban J connectivity index is 1.38. The molecule has 0 saturated heterocycles. The molecule has 0 aliphatic carbocycles. The Morgan fingerprint density at radius 2 is 1.48 bits per heavy atom. The molecule has 2 aromatic carbocycles. The number of benzene rings is 2. The number of hydrogen-bond acceptors (Lipinski definition) is 6. The van der Waals surface area contributed by atoms with Gasteiger partial charge in [0.1, 0.15) is 5.69 Å². The third-order valence-electron chi connectivity index (χ3n) is 4.12. The van der Waals surface area contributed by atoms with Crippen LogP contribution < -0.4 is 25.4 Å². The van der Waals surface area contributed by atoms with Gasteiger partial charge < -0.3 is 25.4 Å². The number of ether oxygens (including phenoxy) is 2. The number of rotatable bonds is 5. The number of fused-ring (bicyclic) bond motifs is 1. The predicted molar refractivity (Wildman–Crippen MR) is 109 cm³/mol. The van der Waals surface area contributed by atoms with Crippen molar-refractivity contribution in [3.63, 3.8) is 0 Å². The van der Waals surface area contributed by atoms with Crippen LogP contribution in [-0.2, 0) is 4.79 Å². The van der Waals surface area contributed by atoms with Crippen LogP contribution in [0.2, 0.25) is 0 Å². The first-order chi connectivity index (χ1) is 14.1. The van der Waals surface area contributed by atoms with E-state index in [-0.39, 0.29) is 24.3 Å². The molecule has 0 bridgehead atoms. The molecule has 0 atom stereocenters. The summed E-state index contributed by atoms with van der Waals surface area (Å²) in [6.07, 6.45) is 1.58. The van der Waals surface area contributed by atoms with E-state index in [1.165, 1.54) is 6.92 Å². The van der Waals surface area contributed by atoms with Gasteiger partial charge in [0.05, 0.1) is 11.9 Å². The molecule has 1 aliphatic rings. The number of nitrogens with one attached hydrogen (secondary N) is 3. The van der Waals surface area contributed by atoms with Crippen LogP contribution in [0.25, 0.3) is 0 Å². The second-order valence-electron chi connectivity index (χ2n) is 6.34. The zero-order valence-corrected chi connectivity index (χ0v) is 15.6. The average Bonchev–Trinajstić information content (AvgIpc) is 3.17. The largest absolute Gasteiger partial charge is 0.454 e. The van der Waals surface area contributed by atoms with Crippen molar-refractivity contribution in [2.24, 2.45) is 0 Å². The first-order valence-electron chi connectivity index (χ1n) is 8.88. The maximum atomic E-state index is 12.4. The maximum absolute atomic E-state index is 12.4. The fraction of sp³-hybridized carbons (Fsp3) is 0.0952. The van der Waals surface area contributed by atoms with Crippen LogP contribution >= 0.6 is 0 Å². The lowest BCUT2D eigenvalue weighted by molar-refractivity contribution is -0.114. The van der Waals surface area contributed by atoms with Crippen LogP contribution in [0.5, 0.6) is 11.5 Å². The molecule has 0 unspecified atom stereocenters. The Morgan fingerprint density at radius 3 is 2.17 bits per heavy atom. The van der Waals surface area contributed by atoms with Gasteiger partial charge in [0.15, 0.2) is 11.5 Å². The van der Waals surface area contributed by atoms with E-state index < -0.39 is 0 Å². The lowest BCUT2D eigenvalue weighted by atomic mass is 10.2. The van der Waals surface area contributed by atoms with Crippen LogP contribution in [-0.4, -0.2) is 23.6 Å². The first-order valence-corrected chi connectivity index (χ1v) is 8.88. The lowest BCUT2D eigenvalue weighted by Gasteiger charge is -2.09. The summed E-state index contributed by atoms with van der Waals surface area (Å²) in [6, 6.07) is 15.8. The SMILES string of the molecule is CC(=O)Nc1ccc(NC(=O)c2ccc(Nc3ccc4c(c3)OCO4)cn2)cc1. The number of aromatic nitrogens is 1. The van der Waals surface area contributed by atoms with Crippen molar-refractivity contribution in [1.29, 1.82) is 0 Å². The van der Waals surface area contributed by atoms with E-state index in [4.69, 9.17) is 9.47 Å². The highest BCUT2D eigenvalue weighted by Gasteiger charge is 2.13. The molecular weight excluding hydrogens is 372 g/mol. The average molecular weight is 390 g/mol. The molecule has 0 spiro atoms. The van der Waals surface area contributed by atoms with Crippen LogP contribution in [0.3, 0.4) is 0 Å². The van der Waals surface area contributed by atoms with Crippen molar-refractivity contribution in [2.45, 2.75) is 6.92 Å². The standard InChI is InChI=1S/C21H18N4O4/c1-13(26)23-14-2-4-15(5-3-14)25-21(27)18-8-6-17(11-22-18)24-16-7-9-19-20(10-16)29-12-28-19/h2-11,24H,12H2,1H3,(H,23,26)(H,25,27). The van der Waals surface area contributed by atoms with Crippen molar-refractivity contribution in [2.75, 3.05) is 22.7 Å². The fourth-order valence-corrected chi connectivity index (χ4v) is 2.78. The number of hydrogen-bond donors (Lipinski definition) is 3. The molecule has 3 N–H and O–H groups in total. The van der Waals surface area contributed by atoms with E-state index in [0.29, 0.717) is 22.9 Å². The van der Waals surface area contributed by atoms with Crippen molar-refractivity contribution >= 4 is 34.6 Å². The van der Waals surface area contributed by atoms with Crippen LogP contribution in [0.15, 0.2) is 60.8 Å². The quantitative estimate of drug-likeness (QED) is 0.613. The molecule has 1 aliphatic heterocycles. The summed E-state index contributed by atoms with van der Waals surface area (Å²) in [4.78, 5) is 27.6. The smallest absolute Gasteiger partial charge is 0.274 e. The van der Waals surface area contributed by atoms with E-state index >= 15 is 0 Å². The lowest BCUT2D eigenvalue weighted by Crippen LogP contribution is -2.13. The number of carbonyl (C=O) groups is 2. The molecule has 8 heteroatoms. The van der Waals surface area contributed by atoms with Gasteiger partial charge in [-0.1, -0.05) is 0 Å². The highest BCUT2D eigenvalue weighted by atomic mass is 16.7. The molecule has 1 aromatic heterocycles. The summed E-state index contributed by atoms with van der Waals surface area (Å²) in [5.41, 5.74) is 3.11. The Kier molecular flexibility index (Phi) is 4.98.